The molecular formula is C27H28N4. The predicted molar refractivity (Wildman–Crippen MR) is 129 cm³/mol. The largest absolute Gasteiger partial charge is 0.343 e. The number of hydrogen-bond donors (Lipinski definition) is 0. The molecule has 1 aliphatic carbocycles. The zero-order valence-electron chi connectivity index (χ0n) is 18.0. The minimum atomic E-state index is 0.793. The standard InChI is InChI=1S/C27H28N4/c1-30(27-28-15-6-16-29-27)19-20-31-17-13-23(14-18-31)26-24-9-4-2-7-21(24)11-12-22-8-3-5-10-25(22)26/h2-12,15-16H,13-14,17-20H2,1H3. The van der Waals surface area contributed by atoms with Crippen LogP contribution in [0.15, 0.2) is 72.6 Å². The topological polar surface area (TPSA) is 32.3 Å². The third kappa shape index (κ3) is 4.17. The van der Waals surface area contributed by atoms with Crippen LogP contribution in [0.4, 0.5) is 5.95 Å². The van der Waals surface area contributed by atoms with Crippen LogP contribution in [0.1, 0.15) is 35.1 Å². The molecule has 0 saturated carbocycles. The lowest BCUT2D eigenvalue weighted by Gasteiger charge is -2.31. The van der Waals surface area contributed by atoms with E-state index in [1.54, 1.807) is 18.0 Å². The summed E-state index contributed by atoms with van der Waals surface area (Å²) in [5.74, 6) is 0.793. The first-order chi connectivity index (χ1) is 15.3. The summed E-state index contributed by atoms with van der Waals surface area (Å²) in [6, 6.07) is 19.5. The van der Waals surface area contributed by atoms with Crippen molar-refractivity contribution in [2.24, 2.45) is 0 Å². The molecule has 0 spiro atoms. The Labute approximate surface area is 184 Å². The van der Waals surface area contributed by atoms with Crippen LogP contribution in [-0.4, -0.2) is 48.1 Å². The van der Waals surface area contributed by atoms with Crippen LogP contribution in [0.5, 0.6) is 0 Å². The average molecular weight is 409 g/mol. The Bertz CT molecular complexity index is 1060. The van der Waals surface area contributed by atoms with E-state index in [9.17, 15) is 0 Å². The van der Waals surface area contributed by atoms with Crippen LogP contribution in [0, 0.1) is 0 Å². The van der Waals surface area contributed by atoms with Crippen LogP contribution in [-0.2, 0) is 0 Å². The quantitative estimate of drug-likeness (QED) is 0.476. The van der Waals surface area contributed by atoms with Crippen LogP contribution in [0.2, 0.25) is 0 Å². The molecule has 1 aromatic heterocycles. The van der Waals surface area contributed by atoms with Gasteiger partial charge in [0, 0.05) is 45.6 Å². The fraction of sp³-hybridized carbons (Fsp3) is 0.259. The molecule has 2 heterocycles. The number of anilines is 1. The summed E-state index contributed by atoms with van der Waals surface area (Å²) in [6.45, 7) is 4.16. The molecule has 5 rings (SSSR count). The van der Waals surface area contributed by atoms with Crippen LogP contribution < -0.4 is 4.90 Å². The van der Waals surface area contributed by atoms with Gasteiger partial charge in [-0.15, -0.1) is 0 Å². The minimum Gasteiger partial charge on any atom is -0.343 e. The number of nitrogens with zero attached hydrogens (tertiary/aromatic N) is 4. The third-order valence-corrected chi connectivity index (χ3v) is 6.36. The van der Waals surface area contributed by atoms with Crippen molar-refractivity contribution >= 4 is 23.7 Å². The smallest absolute Gasteiger partial charge is 0.225 e. The van der Waals surface area contributed by atoms with Gasteiger partial charge in [0.05, 0.1) is 0 Å². The Morgan fingerprint density at radius 1 is 0.806 bits per heavy atom. The maximum atomic E-state index is 4.35. The normalized spacial score (nSPS) is 15.9. The second kappa shape index (κ2) is 8.86. The number of piperidine rings is 1. The van der Waals surface area contributed by atoms with E-state index in [1.807, 2.05) is 6.07 Å². The number of benzene rings is 2. The van der Waals surface area contributed by atoms with E-state index in [2.05, 4.69) is 87.5 Å². The van der Waals surface area contributed by atoms with Gasteiger partial charge in [0.1, 0.15) is 0 Å². The first-order valence-corrected chi connectivity index (χ1v) is 11.1. The van der Waals surface area contributed by atoms with Gasteiger partial charge < -0.3 is 9.80 Å². The van der Waals surface area contributed by atoms with E-state index < -0.39 is 0 Å². The number of fused-ring (bicyclic) bond motifs is 2. The molecule has 2 aromatic carbocycles. The van der Waals surface area contributed by atoms with Gasteiger partial charge in [-0.2, -0.15) is 0 Å². The Morgan fingerprint density at radius 3 is 2.00 bits per heavy atom. The highest BCUT2D eigenvalue weighted by Crippen LogP contribution is 2.38. The fourth-order valence-electron chi connectivity index (χ4n) is 4.62. The molecule has 156 valence electrons. The third-order valence-electron chi connectivity index (χ3n) is 6.36. The lowest BCUT2D eigenvalue weighted by molar-refractivity contribution is 0.262. The van der Waals surface area contributed by atoms with Gasteiger partial charge in [-0.1, -0.05) is 66.3 Å². The summed E-state index contributed by atoms with van der Waals surface area (Å²) in [5, 5.41) is 0. The second-order valence-electron chi connectivity index (χ2n) is 8.30. The van der Waals surface area contributed by atoms with E-state index in [1.165, 1.54) is 27.8 Å². The number of hydrogen-bond acceptors (Lipinski definition) is 4. The Morgan fingerprint density at radius 2 is 1.39 bits per heavy atom. The number of aromatic nitrogens is 2. The van der Waals surface area contributed by atoms with Gasteiger partial charge >= 0.3 is 0 Å². The highest BCUT2D eigenvalue weighted by molar-refractivity contribution is 5.94. The van der Waals surface area contributed by atoms with Crippen molar-refractivity contribution in [3.05, 3.63) is 94.8 Å². The SMILES string of the molecule is CN(CCN1CCC(=C2c3ccccc3C=Cc3ccccc32)CC1)c1ncccn1. The molecule has 0 unspecified atom stereocenters. The first-order valence-electron chi connectivity index (χ1n) is 11.1. The molecule has 3 aromatic rings. The zero-order valence-corrected chi connectivity index (χ0v) is 18.0. The number of likely N-dealkylation sites (N-methyl/N-ethyl adjacent to an activating group) is 1. The number of likely N-dealkylation sites (tertiary alicyclic amines) is 1. The summed E-state index contributed by atoms with van der Waals surface area (Å²) in [6.07, 6.45) is 10.4. The fourth-order valence-corrected chi connectivity index (χ4v) is 4.62. The zero-order chi connectivity index (χ0) is 21.0. The lowest BCUT2D eigenvalue weighted by Crippen LogP contribution is -2.37. The monoisotopic (exact) mass is 408 g/mol. The van der Waals surface area contributed by atoms with E-state index >= 15 is 0 Å². The Kier molecular flexibility index (Phi) is 5.63. The molecule has 1 saturated heterocycles. The molecular weight excluding hydrogens is 380 g/mol. The lowest BCUT2D eigenvalue weighted by atomic mass is 9.86. The molecule has 4 nitrogen and oxygen atoms in total. The van der Waals surface area contributed by atoms with Crippen molar-refractivity contribution in [2.75, 3.05) is 38.1 Å². The predicted octanol–water partition coefficient (Wildman–Crippen LogP) is 4.99. The van der Waals surface area contributed by atoms with Crippen LogP contribution in [0.25, 0.3) is 17.7 Å². The summed E-state index contributed by atoms with van der Waals surface area (Å²) in [5.41, 5.74) is 8.40. The summed E-state index contributed by atoms with van der Waals surface area (Å²) >= 11 is 0. The molecule has 0 N–H and O–H groups in total. The van der Waals surface area contributed by atoms with Gasteiger partial charge in [0.15, 0.2) is 0 Å². The molecule has 0 atom stereocenters. The summed E-state index contributed by atoms with van der Waals surface area (Å²) in [7, 11) is 2.07. The van der Waals surface area contributed by atoms with Gasteiger partial charge in [0.25, 0.3) is 0 Å². The van der Waals surface area contributed by atoms with Gasteiger partial charge in [-0.3, -0.25) is 0 Å². The van der Waals surface area contributed by atoms with Crippen molar-refractivity contribution < 1.29 is 0 Å². The molecule has 0 radical (unpaired) electrons. The van der Waals surface area contributed by atoms with Gasteiger partial charge in [-0.05, 0) is 46.7 Å². The molecule has 31 heavy (non-hydrogen) atoms. The minimum absolute atomic E-state index is 0.793. The summed E-state index contributed by atoms with van der Waals surface area (Å²) < 4.78 is 0. The maximum Gasteiger partial charge on any atom is 0.225 e. The van der Waals surface area contributed by atoms with Crippen molar-refractivity contribution in [3.8, 4) is 0 Å². The second-order valence-corrected chi connectivity index (χ2v) is 8.30. The highest BCUT2D eigenvalue weighted by Gasteiger charge is 2.22. The van der Waals surface area contributed by atoms with E-state index in [0.29, 0.717) is 0 Å². The highest BCUT2D eigenvalue weighted by atomic mass is 15.3. The van der Waals surface area contributed by atoms with Crippen molar-refractivity contribution in [1.82, 2.24) is 14.9 Å². The Balaban J connectivity index is 1.35. The molecule has 1 aliphatic heterocycles. The van der Waals surface area contributed by atoms with Crippen molar-refractivity contribution in [1.29, 1.82) is 0 Å². The molecule has 2 aliphatic rings. The first kappa shape index (κ1) is 19.7. The molecule has 0 bridgehead atoms. The van der Waals surface area contributed by atoms with Gasteiger partial charge in [0.2, 0.25) is 5.95 Å². The average Bonchev–Trinajstić information content (AvgIpc) is 3.00. The van der Waals surface area contributed by atoms with E-state index in [-0.39, 0.29) is 0 Å². The molecule has 0 amide bonds. The summed E-state index contributed by atoms with van der Waals surface area (Å²) in [4.78, 5) is 13.4. The maximum absolute atomic E-state index is 4.35. The Hall–Kier alpha value is -3.24. The van der Waals surface area contributed by atoms with Crippen LogP contribution in [0.3, 0.4) is 0 Å². The van der Waals surface area contributed by atoms with Gasteiger partial charge in [-0.25, -0.2) is 9.97 Å². The van der Waals surface area contributed by atoms with Crippen molar-refractivity contribution in [2.45, 2.75) is 12.8 Å². The molecule has 4 heteroatoms. The van der Waals surface area contributed by atoms with E-state index in [0.717, 1.165) is 45.0 Å². The molecule has 1 fully saturated rings. The van der Waals surface area contributed by atoms with Crippen LogP contribution >= 0.6 is 0 Å². The van der Waals surface area contributed by atoms with Crippen molar-refractivity contribution in [3.63, 3.8) is 0 Å². The van der Waals surface area contributed by atoms with E-state index in [4.69, 9.17) is 0 Å². The number of rotatable bonds is 4.